The first kappa shape index (κ1) is 10.2. The molecule has 0 aliphatic carbocycles. The van der Waals surface area contributed by atoms with Crippen molar-refractivity contribution in [3.05, 3.63) is 40.5 Å². The third-order valence-corrected chi connectivity index (χ3v) is 2.65. The Kier molecular flexibility index (Phi) is 2.75. The van der Waals surface area contributed by atoms with Crippen LogP contribution in [0.5, 0.6) is 0 Å². The molecule has 5 heteroatoms. The van der Waals surface area contributed by atoms with E-state index in [0.717, 1.165) is 15.7 Å². The summed E-state index contributed by atoms with van der Waals surface area (Å²) < 4.78 is 2.66. The number of aromatic nitrogens is 2. The first-order valence-electron chi connectivity index (χ1n) is 4.50. The highest BCUT2D eigenvalue weighted by Gasteiger charge is 2.07. The maximum absolute atomic E-state index is 5.90. The van der Waals surface area contributed by atoms with E-state index in [0.29, 0.717) is 12.4 Å². The van der Waals surface area contributed by atoms with Crippen LogP contribution in [0.15, 0.2) is 34.9 Å². The lowest BCUT2D eigenvalue weighted by Gasteiger charge is -2.04. The van der Waals surface area contributed by atoms with Crippen molar-refractivity contribution < 1.29 is 0 Å². The van der Waals surface area contributed by atoms with Crippen molar-refractivity contribution in [3.63, 3.8) is 0 Å². The van der Waals surface area contributed by atoms with Gasteiger partial charge in [0, 0.05) is 16.6 Å². The van der Waals surface area contributed by atoms with Crippen LogP contribution in [-0.2, 0) is 6.54 Å². The summed E-state index contributed by atoms with van der Waals surface area (Å²) >= 11 is 3.40. The van der Waals surface area contributed by atoms with Crippen molar-refractivity contribution in [2.45, 2.75) is 6.54 Å². The lowest BCUT2D eigenvalue weighted by atomic mass is 10.3. The van der Waals surface area contributed by atoms with E-state index in [1.165, 1.54) is 0 Å². The van der Waals surface area contributed by atoms with Crippen molar-refractivity contribution >= 4 is 21.7 Å². The second-order valence-corrected chi connectivity index (χ2v) is 4.07. The fourth-order valence-corrected chi connectivity index (χ4v) is 1.75. The van der Waals surface area contributed by atoms with E-state index >= 15 is 0 Å². The van der Waals surface area contributed by atoms with Gasteiger partial charge >= 0.3 is 0 Å². The van der Waals surface area contributed by atoms with Gasteiger partial charge in [-0.1, -0.05) is 22.0 Å². The third kappa shape index (κ3) is 1.88. The van der Waals surface area contributed by atoms with Crippen LogP contribution in [0, 0.1) is 0 Å². The smallest absolute Gasteiger partial charge is 0.131 e. The molecule has 0 aliphatic heterocycles. The average molecular weight is 267 g/mol. The minimum Gasteiger partial charge on any atom is -0.383 e. The average Bonchev–Trinajstić information content (AvgIpc) is 2.59. The van der Waals surface area contributed by atoms with Crippen LogP contribution < -0.4 is 11.5 Å². The summed E-state index contributed by atoms with van der Waals surface area (Å²) in [5.41, 5.74) is 13.2. The number of nitrogens with two attached hydrogens (primary N) is 2. The number of nitrogens with zero attached hydrogens (tertiary/aromatic N) is 2. The molecule has 1 heterocycles. The highest BCUT2D eigenvalue weighted by molar-refractivity contribution is 9.10. The number of nitrogen functional groups attached to an aromatic ring is 1. The van der Waals surface area contributed by atoms with Gasteiger partial charge in [0.2, 0.25) is 0 Å². The van der Waals surface area contributed by atoms with E-state index < -0.39 is 0 Å². The Hall–Kier alpha value is -1.33. The molecule has 1 aromatic carbocycles. The molecule has 1 aromatic heterocycles. The van der Waals surface area contributed by atoms with Gasteiger partial charge in [-0.3, -0.25) is 0 Å². The molecule has 78 valence electrons. The zero-order valence-electron chi connectivity index (χ0n) is 8.02. The lowest BCUT2D eigenvalue weighted by molar-refractivity contribution is 0.890. The standard InChI is InChI=1S/C10H11BrN4/c11-8-2-1-3-9(4-8)15-10(13)7(5-12)6-14-15/h1-4,6H,5,12-13H2. The van der Waals surface area contributed by atoms with E-state index in [9.17, 15) is 0 Å². The van der Waals surface area contributed by atoms with Crippen molar-refractivity contribution in [1.82, 2.24) is 9.78 Å². The van der Waals surface area contributed by atoms with Gasteiger partial charge in [-0.05, 0) is 18.2 Å². The van der Waals surface area contributed by atoms with Gasteiger partial charge in [0.05, 0.1) is 11.9 Å². The molecule has 0 unspecified atom stereocenters. The molecule has 0 bridgehead atoms. The molecule has 0 atom stereocenters. The zero-order valence-corrected chi connectivity index (χ0v) is 9.61. The fourth-order valence-electron chi connectivity index (χ4n) is 1.36. The summed E-state index contributed by atoms with van der Waals surface area (Å²) in [5, 5.41) is 4.19. The van der Waals surface area contributed by atoms with Crippen LogP contribution in [0.1, 0.15) is 5.56 Å². The first-order valence-corrected chi connectivity index (χ1v) is 5.30. The Labute approximate surface area is 96.0 Å². The summed E-state index contributed by atoms with van der Waals surface area (Å²) in [6.07, 6.45) is 1.69. The van der Waals surface area contributed by atoms with Gasteiger partial charge in [0.1, 0.15) is 5.82 Å². The Bertz CT molecular complexity index is 478. The Morgan fingerprint density at radius 2 is 2.20 bits per heavy atom. The van der Waals surface area contributed by atoms with E-state index in [4.69, 9.17) is 11.5 Å². The van der Waals surface area contributed by atoms with Crippen LogP contribution in [0.4, 0.5) is 5.82 Å². The van der Waals surface area contributed by atoms with E-state index in [1.807, 2.05) is 24.3 Å². The number of rotatable bonds is 2. The maximum Gasteiger partial charge on any atom is 0.131 e. The van der Waals surface area contributed by atoms with Gasteiger partial charge in [-0.15, -0.1) is 0 Å². The largest absolute Gasteiger partial charge is 0.383 e. The summed E-state index contributed by atoms with van der Waals surface area (Å²) in [7, 11) is 0. The number of benzene rings is 1. The number of hydrogen-bond acceptors (Lipinski definition) is 3. The predicted octanol–water partition coefficient (Wildman–Crippen LogP) is 1.68. The molecule has 0 saturated heterocycles. The predicted molar refractivity (Wildman–Crippen MR) is 63.6 cm³/mol. The molecule has 0 spiro atoms. The molecular weight excluding hydrogens is 256 g/mol. The van der Waals surface area contributed by atoms with Gasteiger partial charge in [-0.25, -0.2) is 4.68 Å². The van der Waals surface area contributed by atoms with Crippen LogP contribution in [0.2, 0.25) is 0 Å². The Balaban J connectivity index is 2.49. The summed E-state index contributed by atoms with van der Waals surface area (Å²) in [6, 6.07) is 7.77. The van der Waals surface area contributed by atoms with Crippen molar-refractivity contribution in [2.75, 3.05) is 5.73 Å². The topological polar surface area (TPSA) is 69.9 Å². The molecule has 4 N–H and O–H groups in total. The molecule has 0 fully saturated rings. The monoisotopic (exact) mass is 266 g/mol. The van der Waals surface area contributed by atoms with Gasteiger partial charge in [0.15, 0.2) is 0 Å². The number of anilines is 1. The normalized spacial score (nSPS) is 10.5. The molecule has 0 saturated carbocycles. The fraction of sp³-hybridized carbons (Fsp3) is 0.100. The second-order valence-electron chi connectivity index (χ2n) is 3.15. The summed E-state index contributed by atoms with van der Waals surface area (Å²) in [5.74, 6) is 0.593. The Morgan fingerprint density at radius 3 is 2.80 bits per heavy atom. The minimum absolute atomic E-state index is 0.403. The second kappa shape index (κ2) is 4.04. The first-order chi connectivity index (χ1) is 7.22. The van der Waals surface area contributed by atoms with Crippen molar-refractivity contribution in [3.8, 4) is 5.69 Å². The molecule has 15 heavy (non-hydrogen) atoms. The van der Waals surface area contributed by atoms with E-state index in [2.05, 4.69) is 21.0 Å². The highest BCUT2D eigenvalue weighted by Crippen LogP contribution is 2.19. The van der Waals surface area contributed by atoms with Gasteiger partial charge < -0.3 is 11.5 Å². The van der Waals surface area contributed by atoms with Gasteiger partial charge in [-0.2, -0.15) is 5.10 Å². The molecule has 2 rings (SSSR count). The molecule has 2 aromatic rings. The zero-order chi connectivity index (χ0) is 10.8. The van der Waals surface area contributed by atoms with Gasteiger partial charge in [0.25, 0.3) is 0 Å². The lowest BCUT2D eigenvalue weighted by Crippen LogP contribution is -2.05. The number of halogens is 1. The van der Waals surface area contributed by atoms with Crippen LogP contribution in [0.25, 0.3) is 5.69 Å². The van der Waals surface area contributed by atoms with Crippen LogP contribution in [0.3, 0.4) is 0 Å². The van der Waals surface area contributed by atoms with Crippen molar-refractivity contribution in [1.29, 1.82) is 0 Å². The quantitative estimate of drug-likeness (QED) is 0.869. The van der Waals surface area contributed by atoms with Crippen LogP contribution >= 0.6 is 15.9 Å². The minimum atomic E-state index is 0.403. The van der Waals surface area contributed by atoms with Crippen LogP contribution in [-0.4, -0.2) is 9.78 Å². The Morgan fingerprint density at radius 1 is 1.40 bits per heavy atom. The third-order valence-electron chi connectivity index (χ3n) is 2.16. The highest BCUT2D eigenvalue weighted by atomic mass is 79.9. The summed E-state index contributed by atoms with van der Waals surface area (Å²) in [6.45, 7) is 0.403. The molecule has 0 amide bonds. The molecule has 0 radical (unpaired) electrons. The SMILES string of the molecule is NCc1cnn(-c2cccc(Br)c2)c1N. The molecule has 4 nitrogen and oxygen atoms in total. The van der Waals surface area contributed by atoms with E-state index in [-0.39, 0.29) is 0 Å². The molecule has 0 aliphatic rings. The maximum atomic E-state index is 5.90. The van der Waals surface area contributed by atoms with E-state index in [1.54, 1.807) is 10.9 Å². The number of hydrogen-bond donors (Lipinski definition) is 2. The van der Waals surface area contributed by atoms with Crippen molar-refractivity contribution in [2.24, 2.45) is 5.73 Å². The molecular formula is C10H11BrN4. The summed E-state index contributed by atoms with van der Waals surface area (Å²) in [4.78, 5) is 0.